The van der Waals surface area contributed by atoms with Crippen LogP contribution in [0.2, 0.25) is 0 Å². The minimum absolute atomic E-state index is 0.0157. The van der Waals surface area contributed by atoms with Gasteiger partial charge in [0.05, 0.1) is 12.7 Å². The zero-order chi connectivity index (χ0) is 15.9. The summed E-state index contributed by atoms with van der Waals surface area (Å²) >= 11 is 0. The van der Waals surface area contributed by atoms with Crippen LogP contribution in [0.15, 0.2) is 12.1 Å². The van der Waals surface area contributed by atoms with Gasteiger partial charge in [-0.25, -0.2) is 0 Å². The minimum Gasteiger partial charge on any atom is -0.376 e. The maximum absolute atomic E-state index is 13.0. The molecule has 0 aromatic carbocycles. The molecule has 2 saturated heterocycles. The van der Waals surface area contributed by atoms with Crippen LogP contribution < -0.4 is 5.32 Å². The molecular formula is C15H21F2N3O2. The first-order valence-corrected chi connectivity index (χ1v) is 7.58. The van der Waals surface area contributed by atoms with Gasteiger partial charge in [-0.3, -0.25) is 14.3 Å². The molecular weight excluding hydrogens is 292 g/mol. The SMILES string of the molecule is Cc1ccc(C(=O)N[C@@H]2C[C@H]3CO[C@@H](C)CN3C2)n1C(F)F. The number of rotatable bonds is 3. The van der Waals surface area contributed by atoms with Gasteiger partial charge in [0.2, 0.25) is 0 Å². The largest absolute Gasteiger partial charge is 0.376 e. The standard InChI is InChI=1S/C15H21F2N3O2/c1-9-3-4-13(20(9)15(16)17)14(21)18-11-5-12-8-22-10(2)6-19(12)7-11/h3-4,10-12,15H,5-8H2,1-2H3,(H,18,21)/t10-,11+,12-/m0/s1. The van der Waals surface area contributed by atoms with Crippen molar-refractivity contribution in [1.29, 1.82) is 0 Å². The Morgan fingerprint density at radius 3 is 2.91 bits per heavy atom. The fraction of sp³-hybridized carbons (Fsp3) is 0.667. The zero-order valence-corrected chi connectivity index (χ0v) is 12.8. The number of hydrogen-bond acceptors (Lipinski definition) is 3. The number of aromatic nitrogens is 1. The summed E-state index contributed by atoms with van der Waals surface area (Å²) in [4.78, 5) is 14.6. The lowest BCUT2D eigenvalue weighted by Crippen LogP contribution is -2.45. The maximum atomic E-state index is 13.0. The highest BCUT2D eigenvalue weighted by Gasteiger charge is 2.37. The first kappa shape index (κ1) is 15.4. The van der Waals surface area contributed by atoms with Crippen LogP contribution in [0, 0.1) is 6.92 Å². The van der Waals surface area contributed by atoms with E-state index in [9.17, 15) is 13.6 Å². The average molecular weight is 313 g/mol. The van der Waals surface area contributed by atoms with E-state index in [1.54, 1.807) is 6.92 Å². The lowest BCUT2D eigenvalue weighted by atomic mass is 10.1. The Kier molecular flexibility index (Phi) is 4.18. The summed E-state index contributed by atoms with van der Waals surface area (Å²) in [5, 5.41) is 2.88. The van der Waals surface area contributed by atoms with Crippen molar-refractivity contribution in [3.05, 3.63) is 23.5 Å². The Balaban J connectivity index is 1.66. The third kappa shape index (κ3) is 2.87. The van der Waals surface area contributed by atoms with Crippen molar-refractivity contribution in [2.75, 3.05) is 19.7 Å². The molecule has 0 aliphatic carbocycles. The summed E-state index contributed by atoms with van der Waals surface area (Å²) in [5.74, 6) is -0.438. The smallest absolute Gasteiger partial charge is 0.319 e. The normalized spacial score (nSPS) is 28.9. The number of carbonyl (C=O) groups excluding carboxylic acids is 1. The maximum Gasteiger partial charge on any atom is 0.319 e. The zero-order valence-electron chi connectivity index (χ0n) is 12.8. The molecule has 0 spiro atoms. The molecule has 2 aliphatic rings. The number of halogens is 2. The molecule has 122 valence electrons. The molecule has 3 atom stereocenters. The molecule has 0 radical (unpaired) electrons. The molecule has 3 rings (SSSR count). The number of ether oxygens (including phenoxy) is 1. The van der Waals surface area contributed by atoms with Gasteiger partial charge in [0.1, 0.15) is 5.69 Å². The van der Waals surface area contributed by atoms with Gasteiger partial charge in [-0.1, -0.05) is 0 Å². The molecule has 1 N–H and O–H groups in total. The Morgan fingerprint density at radius 1 is 1.41 bits per heavy atom. The van der Waals surface area contributed by atoms with Crippen LogP contribution in [0.3, 0.4) is 0 Å². The Morgan fingerprint density at radius 2 is 2.18 bits per heavy atom. The molecule has 0 saturated carbocycles. The van der Waals surface area contributed by atoms with Gasteiger partial charge in [-0.15, -0.1) is 0 Å². The van der Waals surface area contributed by atoms with Crippen molar-refractivity contribution in [3.63, 3.8) is 0 Å². The van der Waals surface area contributed by atoms with Gasteiger partial charge >= 0.3 is 6.55 Å². The first-order chi connectivity index (χ1) is 10.5. The second-order valence-electron chi connectivity index (χ2n) is 6.17. The van der Waals surface area contributed by atoms with Crippen LogP contribution >= 0.6 is 0 Å². The fourth-order valence-corrected chi connectivity index (χ4v) is 3.40. The molecule has 2 fully saturated rings. The van der Waals surface area contributed by atoms with E-state index in [1.807, 2.05) is 6.92 Å². The molecule has 3 heterocycles. The number of nitrogens with zero attached hydrogens (tertiary/aromatic N) is 2. The Bertz CT molecular complexity index is 561. The number of morpholine rings is 1. The van der Waals surface area contributed by atoms with Crippen LogP contribution in [0.25, 0.3) is 0 Å². The molecule has 1 aromatic heterocycles. The van der Waals surface area contributed by atoms with E-state index in [-0.39, 0.29) is 17.8 Å². The van der Waals surface area contributed by atoms with Gasteiger partial charge in [0, 0.05) is 30.9 Å². The molecule has 0 bridgehead atoms. The van der Waals surface area contributed by atoms with Crippen LogP contribution in [0.4, 0.5) is 8.78 Å². The van der Waals surface area contributed by atoms with E-state index in [2.05, 4.69) is 10.2 Å². The highest BCUT2D eigenvalue weighted by atomic mass is 19.3. The predicted molar refractivity (Wildman–Crippen MR) is 77.1 cm³/mol. The lowest BCUT2D eigenvalue weighted by molar-refractivity contribution is -0.0390. The van der Waals surface area contributed by atoms with Crippen molar-refractivity contribution < 1.29 is 18.3 Å². The summed E-state index contributed by atoms with van der Waals surface area (Å²) in [6, 6.07) is 3.27. The average Bonchev–Trinajstić information content (AvgIpc) is 3.01. The number of amides is 1. The summed E-state index contributed by atoms with van der Waals surface area (Å²) in [5.41, 5.74) is 0.396. The van der Waals surface area contributed by atoms with Crippen LogP contribution in [-0.2, 0) is 4.74 Å². The van der Waals surface area contributed by atoms with E-state index in [0.717, 1.165) is 24.1 Å². The molecule has 7 heteroatoms. The summed E-state index contributed by atoms with van der Waals surface area (Å²) < 4.78 is 32.5. The third-order valence-electron chi connectivity index (χ3n) is 4.48. The van der Waals surface area contributed by atoms with Gasteiger partial charge in [-0.2, -0.15) is 8.78 Å². The van der Waals surface area contributed by atoms with Crippen molar-refractivity contribution in [2.45, 2.75) is 45.0 Å². The quantitative estimate of drug-likeness (QED) is 0.925. The van der Waals surface area contributed by atoms with Crippen LogP contribution in [0.1, 0.15) is 36.1 Å². The van der Waals surface area contributed by atoms with E-state index in [0.29, 0.717) is 18.3 Å². The second kappa shape index (κ2) is 5.96. The van der Waals surface area contributed by atoms with Crippen LogP contribution in [0.5, 0.6) is 0 Å². The molecule has 1 aromatic rings. The Labute approximate surface area is 128 Å². The van der Waals surface area contributed by atoms with E-state index < -0.39 is 12.5 Å². The monoisotopic (exact) mass is 313 g/mol. The molecule has 22 heavy (non-hydrogen) atoms. The number of aryl methyl sites for hydroxylation is 1. The second-order valence-corrected chi connectivity index (χ2v) is 6.17. The predicted octanol–water partition coefficient (Wildman–Crippen LogP) is 1.78. The molecule has 1 amide bonds. The fourth-order valence-electron chi connectivity index (χ4n) is 3.40. The Hall–Kier alpha value is -1.47. The summed E-state index contributed by atoms with van der Waals surface area (Å²) in [6.07, 6.45) is 0.997. The van der Waals surface area contributed by atoms with Gasteiger partial charge < -0.3 is 10.1 Å². The van der Waals surface area contributed by atoms with E-state index in [4.69, 9.17) is 4.74 Å². The van der Waals surface area contributed by atoms with Gasteiger partial charge in [0.15, 0.2) is 0 Å². The van der Waals surface area contributed by atoms with Crippen molar-refractivity contribution in [2.24, 2.45) is 0 Å². The first-order valence-electron chi connectivity index (χ1n) is 7.58. The number of hydrogen-bond donors (Lipinski definition) is 1. The van der Waals surface area contributed by atoms with Crippen molar-refractivity contribution in [3.8, 4) is 0 Å². The van der Waals surface area contributed by atoms with Gasteiger partial charge in [0.25, 0.3) is 5.91 Å². The highest BCUT2D eigenvalue weighted by molar-refractivity contribution is 5.93. The molecule has 0 unspecified atom stereocenters. The van der Waals surface area contributed by atoms with E-state index in [1.165, 1.54) is 12.1 Å². The molecule has 5 nitrogen and oxygen atoms in total. The summed E-state index contributed by atoms with van der Waals surface area (Å²) in [6.45, 7) is 3.15. The van der Waals surface area contributed by atoms with E-state index >= 15 is 0 Å². The van der Waals surface area contributed by atoms with Gasteiger partial charge in [-0.05, 0) is 32.4 Å². The highest BCUT2D eigenvalue weighted by Crippen LogP contribution is 2.24. The third-order valence-corrected chi connectivity index (χ3v) is 4.48. The number of fused-ring (bicyclic) bond motifs is 1. The topological polar surface area (TPSA) is 46.5 Å². The minimum atomic E-state index is -2.71. The molecule has 2 aliphatic heterocycles. The lowest BCUT2D eigenvalue weighted by Gasteiger charge is -2.33. The van der Waals surface area contributed by atoms with Crippen LogP contribution in [-0.4, -0.2) is 53.3 Å². The number of nitrogens with one attached hydrogen (secondary N) is 1. The number of carbonyl (C=O) groups is 1. The van der Waals surface area contributed by atoms with Crippen molar-refractivity contribution in [1.82, 2.24) is 14.8 Å². The van der Waals surface area contributed by atoms with Crippen molar-refractivity contribution >= 4 is 5.91 Å². The number of alkyl halides is 2. The summed E-state index contributed by atoms with van der Waals surface area (Å²) in [7, 11) is 0.